The molecule has 0 aromatic heterocycles. The van der Waals surface area contributed by atoms with Crippen molar-refractivity contribution in [2.75, 3.05) is 47.4 Å². The van der Waals surface area contributed by atoms with Gasteiger partial charge in [0.05, 0.1) is 23.8 Å². The molecule has 4 aromatic rings. The number of benzene rings is 4. The normalized spacial score (nSPS) is 13.5. The molecular formula is C30H29N3O5S. The van der Waals surface area contributed by atoms with Gasteiger partial charge in [-0.15, -0.1) is 0 Å². The van der Waals surface area contributed by atoms with Gasteiger partial charge in [-0.05, 0) is 72.8 Å². The van der Waals surface area contributed by atoms with Crippen LogP contribution in [0.3, 0.4) is 0 Å². The number of carbonyl (C=O) groups is 1. The van der Waals surface area contributed by atoms with Crippen LogP contribution in [-0.4, -0.2) is 47.2 Å². The third-order valence-corrected chi connectivity index (χ3v) is 8.04. The molecule has 0 saturated carbocycles. The monoisotopic (exact) mass is 543 g/mol. The number of nitrogens with one attached hydrogen (secondary N) is 1. The average Bonchev–Trinajstić information content (AvgIpc) is 2.98. The molecule has 200 valence electrons. The molecule has 5 rings (SSSR count). The SMILES string of the molecule is O=C(CN(c1ccc(Oc2ccccc2)cc1)S(=O)(=O)c1ccccc1)Nc1ccc(N2CCOCC2)cc1. The Hall–Kier alpha value is -4.34. The van der Waals surface area contributed by atoms with E-state index in [1.807, 2.05) is 54.6 Å². The molecule has 1 saturated heterocycles. The zero-order chi connectivity index (χ0) is 27.1. The number of anilines is 3. The predicted molar refractivity (Wildman–Crippen MR) is 152 cm³/mol. The van der Waals surface area contributed by atoms with Crippen molar-refractivity contribution in [2.45, 2.75) is 4.90 Å². The Labute approximate surface area is 228 Å². The van der Waals surface area contributed by atoms with E-state index < -0.39 is 22.5 Å². The van der Waals surface area contributed by atoms with Crippen molar-refractivity contribution < 1.29 is 22.7 Å². The predicted octanol–water partition coefficient (Wildman–Crippen LogP) is 5.15. The van der Waals surface area contributed by atoms with Crippen LogP contribution < -0.4 is 19.3 Å². The number of ether oxygens (including phenoxy) is 2. The van der Waals surface area contributed by atoms with E-state index in [1.54, 1.807) is 42.5 Å². The molecule has 1 N–H and O–H groups in total. The second kappa shape index (κ2) is 12.0. The van der Waals surface area contributed by atoms with Crippen LogP contribution in [0.4, 0.5) is 17.1 Å². The molecule has 1 heterocycles. The lowest BCUT2D eigenvalue weighted by Gasteiger charge is -2.29. The molecule has 4 aromatic carbocycles. The summed E-state index contributed by atoms with van der Waals surface area (Å²) >= 11 is 0. The van der Waals surface area contributed by atoms with E-state index in [0.29, 0.717) is 36.1 Å². The maximum atomic E-state index is 13.6. The molecule has 1 amide bonds. The Morgan fingerprint density at radius 1 is 0.795 bits per heavy atom. The molecule has 0 bridgehead atoms. The van der Waals surface area contributed by atoms with Gasteiger partial charge in [-0.1, -0.05) is 36.4 Å². The molecule has 0 unspecified atom stereocenters. The van der Waals surface area contributed by atoms with Crippen molar-refractivity contribution in [3.8, 4) is 11.5 Å². The first-order valence-electron chi connectivity index (χ1n) is 12.6. The second-order valence-electron chi connectivity index (χ2n) is 8.93. The first kappa shape index (κ1) is 26.3. The highest BCUT2D eigenvalue weighted by molar-refractivity contribution is 7.92. The summed E-state index contributed by atoms with van der Waals surface area (Å²) in [4.78, 5) is 15.4. The lowest BCUT2D eigenvalue weighted by atomic mass is 10.2. The van der Waals surface area contributed by atoms with Crippen LogP contribution >= 0.6 is 0 Å². The number of para-hydroxylation sites is 1. The number of nitrogens with zero attached hydrogens (tertiary/aromatic N) is 2. The Morgan fingerprint density at radius 2 is 1.38 bits per heavy atom. The van der Waals surface area contributed by atoms with Crippen molar-refractivity contribution in [1.82, 2.24) is 0 Å². The van der Waals surface area contributed by atoms with Crippen molar-refractivity contribution in [1.29, 1.82) is 0 Å². The summed E-state index contributed by atoms with van der Waals surface area (Å²) < 4.78 is 39.6. The largest absolute Gasteiger partial charge is 0.457 e. The molecule has 0 radical (unpaired) electrons. The second-order valence-corrected chi connectivity index (χ2v) is 10.8. The summed E-state index contributed by atoms with van der Waals surface area (Å²) in [6.07, 6.45) is 0. The number of amides is 1. The van der Waals surface area contributed by atoms with Crippen LogP contribution in [-0.2, 0) is 19.6 Å². The standard InChI is InChI=1S/C30H29N3O5S/c34-30(31-24-11-13-25(14-12-24)32-19-21-37-22-20-32)23-33(39(35,36)29-9-5-2-6-10-29)26-15-17-28(18-16-26)38-27-7-3-1-4-8-27/h1-18H,19-23H2,(H,31,34). The van der Waals surface area contributed by atoms with E-state index in [2.05, 4.69) is 10.2 Å². The molecule has 9 heteroatoms. The Bertz CT molecular complexity index is 1470. The summed E-state index contributed by atoms with van der Waals surface area (Å²) in [6.45, 7) is 2.59. The molecule has 1 aliphatic rings. The minimum absolute atomic E-state index is 0.0947. The van der Waals surface area contributed by atoms with Crippen molar-refractivity contribution >= 4 is 33.0 Å². The summed E-state index contributed by atoms with van der Waals surface area (Å²) in [5.41, 5.74) is 1.97. The molecule has 0 spiro atoms. The molecule has 0 atom stereocenters. The van der Waals surface area contributed by atoms with Gasteiger partial charge in [0.1, 0.15) is 18.0 Å². The van der Waals surface area contributed by atoms with Crippen LogP contribution in [0.15, 0.2) is 114 Å². The Kier molecular flexibility index (Phi) is 8.10. The first-order chi connectivity index (χ1) is 19.0. The third-order valence-electron chi connectivity index (χ3n) is 6.25. The number of sulfonamides is 1. The van der Waals surface area contributed by atoms with E-state index in [9.17, 15) is 13.2 Å². The van der Waals surface area contributed by atoms with Gasteiger partial charge in [0, 0.05) is 24.5 Å². The topological polar surface area (TPSA) is 88.2 Å². The van der Waals surface area contributed by atoms with Crippen LogP contribution in [0.2, 0.25) is 0 Å². The molecule has 1 fully saturated rings. The third kappa shape index (κ3) is 6.57. The zero-order valence-corrected chi connectivity index (χ0v) is 22.1. The number of hydrogen-bond acceptors (Lipinski definition) is 6. The van der Waals surface area contributed by atoms with Crippen molar-refractivity contribution in [2.24, 2.45) is 0 Å². The van der Waals surface area contributed by atoms with Crippen molar-refractivity contribution in [3.63, 3.8) is 0 Å². The number of carbonyl (C=O) groups excluding carboxylic acids is 1. The summed E-state index contributed by atoms with van der Waals surface area (Å²) in [5.74, 6) is 0.753. The molecule has 1 aliphatic heterocycles. The van der Waals surface area contributed by atoms with Gasteiger partial charge in [-0.25, -0.2) is 8.42 Å². The van der Waals surface area contributed by atoms with Gasteiger partial charge in [0.25, 0.3) is 10.0 Å². The van der Waals surface area contributed by atoms with Gasteiger partial charge in [0.15, 0.2) is 0 Å². The fraction of sp³-hybridized carbons (Fsp3) is 0.167. The number of morpholine rings is 1. The van der Waals surface area contributed by atoms with E-state index in [4.69, 9.17) is 9.47 Å². The lowest BCUT2D eigenvalue weighted by Crippen LogP contribution is -2.38. The van der Waals surface area contributed by atoms with Gasteiger partial charge in [-0.2, -0.15) is 0 Å². The van der Waals surface area contributed by atoms with Crippen LogP contribution in [0.5, 0.6) is 11.5 Å². The Morgan fingerprint density at radius 3 is 2.03 bits per heavy atom. The van der Waals surface area contributed by atoms with Crippen LogP contribution in [0.1, 0.15) is 0 Å². The van der Waals surface area contributed by atoms with Gasteiger partial charge < -0.3 is 19.7 Å². The Balaban J connectivity index is 1.34. The van der Waals surface area contributed by atoms with Crippen LogP contribution in [0, 0.1) is 0 Å². The smallest absolute Gasteiger partial charge is 0.264 e. The van der Waals surface area contributed by atoms with Crippen LogP contribution in [0.25, 0.3) is 0 Å². The maximum Gasteiger partial charge on any atom is 0.264 e. The van der Waals surface area contributed by atoms with Crippen molar-refractivity contribution in [3.05, 3.63) is 109 Å². The number of hydrogen-bond donors (Lipinski definition) is 1. The van der Waals surface area contributed by atoms with Gasteiger partial charge in [-0.3, -0.25) is 9.10 Å². The molecule has 39 heavy (non-hydrogen) atoms. The van der Waals surface area contributed by atoms with E-state index in [0.717, 1.165) is 23.1 Å². The first-order valence-corrected chi connectivity index (χ1v) is 14.1. The van der Waals surface area contributed by atoms with E-state index in [1.165, 1.54) is 12.1 Å². The minimum Gasteiger partial charge on any atom is -0.457 e. The highest BCUT2D eigenvalue weighted by Crippen LogP contribution is 2.28. The van der Waals surface area contributed by atoms with Gasteiger partial charge in [0.2, 0.25) is 5.91 Å². The minimum atomic E-state index is -4.02. The molecular weight excluding hydrogens is 514 g/mol. The van der Waals surface area contributed by atoms with E-state index in [-0.39, 0.29) is 4.90 Å². The summed E-state index contributed by atoms with van der Waals surface area (Å²) in [6, 6.07) is 31.5. The summed E-state index contributed by atoms with van der Waals surface area (Å²) in [5, 5.41) is 2.83. The highest BCUT2D eigenvalue weighted by atomic mass is 32.2. The fourth-order valence-electron chi connectivity index (χ4n) is 4.25. The van der Waals surface area contributed by atoms with Gasteiger partial charge >= 0.3 is 0 Å². The summed E-state index contributed by atoms with van der Waals surface area (Å²) in [7, 11) is -4.02. The zero-order valence-electron chi connectivity index (χ0n) is 21.3. The maximum absolute atomic E-state index is 13.6. The lowest BCUT2D eigenvalue weighted by molar-refractivity contribution is -0.114. The molecule has 0 aliphatic carbocycles. The van der Waals surface area contributed by atoms with E-state index >= 15 is 0 Å². The fourth-order valence-corrected chi connectivity index (χ4v) is 5.69. The highest BCUT2D eigenvalue weighted by Gasteiger charge is 2.27. The average molecular weight is 544 g/mol. The quantitative estimate of drug-likeness (QED) is 0.314. The molecule has 8 nitrogen and oxygen atoms in total. The number of rotatable bonds is 9.